The number of unbranched alkanes of at least 4 members (excludes halogenated alkanes) is 1. The molecule has 3 N–H and O–H groups in total. The molecule has 1 aromatic heterocycles. The van der Waals surface area contributed by atoms with E-state index in [9.17, 15) is 27.6 Å². The van der Waals surface area contributed by atoms with Crippen molar-refractivity contribution in [1.82, 2.24) is 14.8 Å². The summed E-state index contributed by atoms with van der Waals surface area (Å²) < 4.78 is 52.2. The molecule has 1 aliphatic rings. The lowest BCUT2D eigenvalue weighted by atomic mass is 10.0. The first-order valence-electron chi connectivity index (χ1n) is 15.5. The molecule has 252 valence electrons. The predicted octanol–water partition coefficient (Wildman–Crippen LogP) is 5.17. The van der Waals surface area contributed by atoms with Gasteiger partial charge in [0.2, 0.25) is 5.91 Å². The number of aromatic nitrogens is 1. The lowest BCUT2D eigenvalue weighted by Crippen LogP contribution is -2.42. The van der Waals surface area contributed by atoms with E-state index in [0.717, 1.165) is 0 Å². The summed E-state index contributed by atoms with van der Waals surface area (Å²) in [7, 11) is 4.35. The van der Waals surface area contributed by atoms with Gasteiger partial charge in [-0.1, -0.05) is 12.0 Å². The van der Waals surface area contributed by atoms with Crippen LogP contribution in [-0.2, 0) is 20.9 Å². The van der Waals surface area contributed by atoms with E-state index in [4.69, 9.17) is 4.74 Å². The smallest absolute Gasteiger partial charge is 0.406 e. The second-order valence-electron chi connectivity index (χ2n) is 11.2. The Labute approximate surface area is 271 Å². The molecule has 2 heterocycles. The number of carbonyl (C=O) groups excluding carboxylic acids is 3. The number of benzene rings is 2. The highest BCUT2D eigenvalue weighted by molar-refractivity contribution is 5.95. The van der Waals surface area contributed by atoms with Gasteiger partial charge in [-0.3, -0.25) is 14.4 Å². The number of carbonyl (C=O) groups is 3. The van der Waals surface area contributed by atoms with Gasteiger partial charge in [-0.2, -0.15) is 13.2 Å². The van der Waals surface area contributed by atoms with Crippen LogP contribution in [0.1, 0.15) is 54.6 Å². The van der Waals surface area contributed by atoms with E-state index in [1.165, 1.54) is 25.8 Å². The molecular weight excluding hydrogens is 615 g/mol. The Bertz CT molecular complexity index is 1630. The van der Waals surface area contributed by atoms with Crippen molar-refractivity contribution in [2.75, 3.05) is 51.5 Å². The van der Waals surface area contributed by atoms with Crippen LogP contribution in [0.5, 0.6) is 5.75 Å². The quantitative estimate of drug-likeness (QED) is 0.140. The van der Waals surface area contributed by atoms with Gasteiger partial charge < -0.3 is 34.9 Å². The van der Waals surface area contributed by atoms with Crippen molar-refractivity contribution in [3.8, 4) is 17.6 Å². The molecular formula is C34H40F3N5O5. The van der Waals surface area contributed by atoms with Gasteiger partial charge in [0.25, 0.3) is 5.91 Å². The molecule has 0 saturated carbocycles. The molecule has 0 bridgehead atoms. The summed E-state index contributed by atoms with van der Waals surface area (Å²) in [6.07, 6.45) is -1.19. The number of nitrogens with zero attached hydrogens (tertiary/aromatic N) is 2. The molecule has 47 heavy (non-hydrogen) atoms. The third kappa shape index (κ3) is 9.57. The summed E-state index contributed by atoms with van der Waals surface area (Å²) in [6.45, 7) is 0.0758. The average molecular weight is 656 g/mol. The minimum absolute atomic E-state index is 0.0402. The summed E-state index contributed by atoms with van der Waals surface area (Å²) in [5, 5.41) is 9.77. The van der Waals surface area contributed by atoms with Crippen molar-refractivity contribution < 1.29 is 37.0 Å². The number of ether oxygens (including phenoxy) is 2. The predicted molar refractivity (Wildman–Crippen MR) is 173 cm³/mol. The maximum absolute atomic E-state index is 13.7. The number of fused-ring (bicyclic) bond motifs is 1. The second-order valence-corrected chi connectivity index (χ2v) is 11.2. The number of rotatable bonds is 12. The zero-order chi connectivity index (χ0) is 34.0. The largest absolute Gasteiger partial charge is 0.495 e. The van der Waals surface area contributed by atoms with Gasteiger partial charge in [0.05, 0.1) is 37.7 Å². The molecule has 2 amide bonds. The summed E-state index contributed by atoms with van der Waals surface area (Å²) >= 11 is 0. The van der Waals surface area contributed by atoms with E-state index in [1.807, 2.05) is 11.0 Å². The fraction of sp³-hybridized carbons (Fsp3) is 0.441. The van der Waals surface area contributed by atoms with Gasteiger partial charge in [-0.05, 0) is 68.0 Å². The number of amides is 2. The molecule has 3 aromatic rings. The van der Waals surface area contributed by atoms with Crippen LogP contribution < -0.4 is 20.7 Å². The van der Waals surface area contributed by atoms with Crippen LogP contribution in [0.3, 0.4) is 0 Å². The number of esters is 1. The second kappa shape index (κ2) is 16.1. The number of piperidine rings is 1. The molecule has 0 spiro atoms. The minimum Gasteiger partial charge on any atom is -0.495 e. The van der Waals surface area contributed by atoms with Crippen LogP contribution in [0.25, 0.3) is 10.9 Å². The maximum atomic E-state index is 13.7. The van der Waals surface area contributed by atoms with Gasteiger partial charge >= 0.3 is 12.1 Å². The number of halogens is 3. The maximum Gasteiger partial charge on any atom is 0.406 e. The Balaban J connectivity index is 1.44. The average Bonchev–Trinajstić information content (AvgIpc) is 3.41. The highest BCUT2D eigenvalue weighted by atomic mass is 19.4. The van der Waals surface area contributed by atoms with Crippen LogP contribution in [0.2, 0.25) is 0 Å². The first-order chi connectivity index (χ1) is 22.5. The van der Waals surface area contributed by atoms with Crippen molar-refractivity contribution >= 4 is 40.1 Å². The Morgan fingerprint density at radius 3 is 2.43 bits per heavy atom. The Hall–Kier alpha value is -4.86. The number of alkyl halides is 3. The van der Waals surface area contributed by atoms with Crippen molar-refractivity contribution in [2.24, 2.45) is 0 Å². The Morgan fingerprint density at radius 2 is 1.74 bits per heavy atom. The fourth-order valence-electron chi connectivity index (χ4n) is 5.56. The van der Waals surface area contributed by atoms with Crippen LogP contribution in [0.4, 0.5) is 24.5 Å². The molecule has 0 atom stereocenters. The molecule has 0 radical (unpaired) electrons. The summed E-state index contributed by atoms with van der Waals surface area (Å²) in [5.74, 6) is 5.75. The molecule has 0 aliphatic carbocycles. The molecule has 2 aromatic carbocycles. The number of anilines is 2. The minimum atomic E-state index is -4.46. The molecule has 1 fully saturated rings. The molecule has 10 nitrogen and oxygen atoms in total. The lowest BCUT2D eigenvalue weighted by molar-refractivity contribution is -0.141. The zero-order valence-electron chi connectivity index (χ0n) is 26.8. The van der Waals surface area contributed by atoms with Gasteiger partial charge in [0.15, 0.2) is 0 Å². The highest BCUT2D eigenvalue weighted by Crippen LogP contribution is 2.31. The van der Waals surface area contributed by atoms with E-state index < -0.39 is 12.7 Å². The van der Waals surface area contributed by atoms with Crippen LogP contribution >= 0.6 is 0 Å². The first kappa shape index (κ1) is 35.0. The molecule has 0 unspecified atom stereocenters. The Kier molecular flexibility index (Phi) is 12.0. The van der Waals surface area contributed by atoms with E-state index in [-0.39, 0.29) is 36.1 Å². The lowest BCUT2D eigenvalue weighted by Gasteiger charge is -2.33. The number of methoxy groups -OCH3 is 2. The van der Waals surface area contributed by atoms with E-state index in [1.54, 1.807) is 36.4 Å². The summed E-state index contributed by atoms with van der Waals surface area (Å²) in [4.78, 5) is 37.7. The van der Waals surface area contributed by atoms with E-state index in [2.05, 4.69) is 32.5 Å². The SMILES string of the molecule is CNC(=O)c1ccc(NCC#Cc2cc3c(NC4CCN(C(=O)CCCCC(=O)OC)CC4)cccc3n2CC(F)(F)F)c(OC)c1. The van der Waals surface area contributed by atoms with Crippen molar-refractivity contribution in [2.45, 2.75) is 57.3 Å². The van der Waals surface area contributed by atoms with Gasteiger partial charge in [0, 0.05) is 55.7 Å². The molecule has 4 rings (SSSR count). The summed E-state index contributed by atoms with van der Waals surface area (Å²) in [5.41, 5.74) is 2.35. The molecule has 1 aliphatic heterocycles. The molecule has 1 saturated heterocycles. The van der Waals surface area contributed by atoms with Crippen molar-refractivity contribution in [3.05, 3.63) is 53.7 Å². The number of nitrogens with one attached hydrogen (secondary N) is 3. The zero-order valence-corrected chi connectivity index (χ0v) is 26.8. The standard InChI is InChI=1S/C34H40F3N5O5/c1-38-33(45)23-13-14-28(30(20-23)46-2)39-17-7-8-25-21-26-27(9-6-10-29(26)42(25)22-34(35,36)37)40-24-15-18-41(19-16-24)31(43)11-4-5-12-32(44)47-3/h6,9-10,13-14,20-21,24,39-40H,4-5,11-12,15-19,22H2,1-3H3,(H,38,45). The van der Waals surface area contributed by atoms with Crippen molar-refractivity contribution in [1.29, 1.82) is 0 Å². The van der Waals surface area contributed by atoms with Crippen LogP contribution in [0.15, 0.2) is 42.5 Å². The monoisotopic (exact) mass is 655 g/mol. The topological polar surface area (TPSA) is 114 Å². The normalized spacial score (nSPS) is 13.4. The third-order valence-electron chi connectivity index (χ3n) is 8.01. The van der Waals surface area contributed by atoms with Crippen LogP contribution in [0, 0.1) is 11.8 Å². The molecule has 13 heteroatoms. The highest BCUT2D eigenvalue weighted by Gasteiger charge is 2.30. The number of hydrogen-bond donors (Lipinski definition) is 3. The van der Waals surface area contributed by atoms with Gasteiger partial charge in [-0.25, -0.2) is 0 Å². The first-order valence-corrected chi connectivity index (χ1v) is 15.5. The summed E-state index contributed by atoms with van der Waals surface area (Å²) in [6, 6.07) is 11.8. The number of hydrogen-bond acceptors (Lipinski definition) is 7. The third-order valence-corrected chi connectivity index (χ3v) is 8.01. The van der Waals surface area contributed by atoms with Crippen molar-refractivity contribution in [3.63, 3.8) is 0 Å². The van der Waals surface area contributed by atoms with E-state index >= 15 is 0 Å². The number of likely N-dealkylation sites (tertiary alicyclic amines) is 1. The van der Waals surface area contributed by atoms with E-state index in [0.29, 0.717) is 85.2 Å². The Morgan fingerprint density at radius 1 is 1.00 bits per heavy atom. The van der Waals surface area contributed by atoms with Gasteiger partial charge in [0.1, 0.15) is 12.3 Å². The van der Waals surface area contributed by atoms with Gasteiger partial charge in [-0.15, -0.1) is 0 Å². The fourth-order valence-corrected chi connectivity index (χ4v) is 5.56. The van der Waals surface area contributed by atoms with Crippen LogP contribution in [-0.4, -0.2) is 80.4 Å².